The molecule has 0 fully saturated rings. The molecule has 4 rings (SSSR count). The number of rotatable bonds is 10. The third-order valence-electron chi connectivity index (χ3n) is 6.84. The number of carbonyl (C=O) groups excluding carboxylic acids is 1. The Morgan fingerprint density at radius 3 is 2.32 bits per heavy atom. The van der Waals surface area contributed by atoms with Crippen molar-refractivity contribution in [1.29, 1.82) is 0 Å². The number of aromatic nitrogens is 1. The van der Waals surface area contributed by atoms with Crippen LogP contribution >= 0.6 is 11.6 Å². The lowest BCUT2D eigenvalue weighted by Gasteiger charge is -2.23. The van der Waals surface area contributed by atoms with Gasteiger partial charge in [-0.1, -0.05) is 43.6 Å². The Morgan fingerprint density at radius 2 is 1.73 bits per heavy atom. The highest BCUT2D eigenvalue weighted by Crippen LogP contribution is 2.42. The molecule has 41 heavy (non-hydrogen) atoms. The van der Waals surface area contributed by atoms with Crippen LogP contribution in [0.1, 0.15) is 54.2 Å². The molecular formula is C31H30ClF3N2O4. The van der Waals surface area contributed by atoms with E-state index in [1.165, 1.54) is 13.2 Å². The van der Waals surface area contributed by atoms with E-state index in [4.69, 9.17) is 21.4 Å². The van der Waals surface area contributed by atoms with Gasteiger partial charge in [0.2, 0.25) is 0 Å². The first-order chi connectivity index (χ1) is 19.4. The van der Waals surface area contributed by atoms with Crippen molar-refractivity contribution in [1.82, 2.24) is 9.88 Å². The molecule has 0 aliphatic rings. The first kappa shape index (κ1) is 30.0. The maximum atomic E-state index is 13.2. The van der Waals surface area contributed by atoms with Crippen LogP contribution in [-0.4, -0.2) is 35.2 Å². The van der Waals surface area contributed by atoms with E-state index in [-0.39, 0.29) is 29.9 Å². The van der Waals surface area contributed by atoms with Gasteiger partial charge in [0.05, 0.1) is 30.7 Å². The number of methoxy groups -OCH3 is 1. The summed E-state index contributed by atoms with van der Waals surface area (Å²) >= 11 is 6.30. The molecule has 10 heteroatoms. The molecule has 1 unspecified atom stereocenters. The summed E-state index contributed by atoms with van der Waals surface area (Å²) in [6.07, 6.45) is -1.90. The number of carboxylic acids is 1. The molecule has 0 radical (unpaired) electrons. The minimum Gasteiger partial charge on any atom is -0.496 e. The molecule has 0 saturated carbocycles. The Morgan fingerprint density at radius 1 is 1.02 bits per heavy atom. The molecule has 4 aromatic rings. The lowest BCUT2D eigenvalue weighted by molar-refractivity contribution is -0.138. The third kappa shape index (κ3) is 6.85. The Balaban J connectivity index is 1.70. The first-order valence-corrected chi connectivity index (χ1v) is 13.4. The van der Waals surface area contributed by atoms with E-state index in [9.17, 15) is 22.8 Å². The number of hydrogen-bond acceptors (Lipinski definition) is 3. The maximum Gasteiger partial charge on any atom is 0.416 e. The SMILES string of the molecule is COc1cc2c(ccn2C(CC(C)C)c2ccc(C(=O)NCCC(=O)O)cc2)cc1-c1ccc(C(F)(F)F)cc1Cl. The van der Waals surface area contributed by atoms with E-state index >= 15 is 0 Å². The highest BCUT2D eigenvalue weighted by Gasteiger charge is 2.31. The predicted molar refractivity (Wildman–Crippen MR) is 153 cm³/mol. The van der Waals surface area contributed by atoms with Gasteiger partial charge in [0, 0.05) is 45.9 Å². The molecule has 0 aliphatic heterocycles. The van der Waals surface area contributed by atoms with Crippen molar-refractivity contribution in [3.05, 3.63) is 88.6 Å². The summed E-state index contributed by atoms with van der Waals surface area (Å²) in [5, 5.41) is 12.2. The summed E-state index contributed by atoms with van der Waals surface area (Å²) in [5.41, 5.74) is 2.47. The maximum absolute atomic E-state index is 13.2. The van der Waals surface area contributed by atoms with E-state index in [1.807, 2.05) is 36.5 Å². The molecule has 3 aromatic carbocycles. The molecule has 0 bridgehead atoms. The van der Waals surface area contributed by atoms with Crippen molar-refractivity contribution in [2.24, 2.45) is 5.92 Å². The second kappa shape index (κ2) is 12.3. The molecule has 1 heterocycles. The Hall–Kier alpha value is -3.98. The summed E-state index contributed by atoms with van der Waals surface area (Å²) in [6, 6.07) is 16.1. The van der Waals surface area contributed by atoms with E-state index in [0.29, 0.717) is 28.4 Å². The number of hydrogen-bond donors (Lipinski definition) is 2. The van der Waals surface area contributed by atoms with Crippen molar-refractivity contribution in [2.75, 3.05) is 13.7 Å². The van der Waals surface area contributed by atoms with E-state index in [1.54, 1.807) is 12.1 Å². The highest BCUT2D eigenvalue weighted by atomic mass is 35.5. The molecular weight excluding hydrogens is 557 g/mol. The number of amides is 1. The number of carbonyl (C=O) groups is 2. The van der Waals surface area contributed by atoms with Gasteiger partial charge in [0.15, 0.2) is 0 Å². The zero-order valence-electron chi connectivity index (χ0n) is 22.8. The van der Waals surface area contributed by atoms with Gasteiger partial charge >= 0.3 is 12.1 Å². The number of halogens is 4. The highest BCUT2D eigenvalue weighted by molar-refractivity contribution is 6.33. The Bertz CT molecular complexity index is 1560. The van der Waals surface area contributed by atoms with E-state index in [2.05, 4.69) is 23.7 Å². The fourth-order valence-corrected chi connectivity index (χ4v) is 5.13. The van der Waals surface area contributed by atoms with Gasteiger partial charge in [-0.2, -0.15) is 13.2 Å². The Labute approximate surface area is 240 Å². The molecule has 216 valence electrons. The van der Waals surface area contributed by atoms with Crippen LogP contribution in [0.4, 0.5) is 13.2 Å². The topological polar surface area (TPSA) is 80.6 Å². The summed E-state index contributed by atoms with van der Waals surface area (Å²) in [6.45, 7) is 4.28. The van der Waals surface area contributed by atoms with Crippen molar-refractivity contribution in [3.63, 3.8) is 0 Å². The smallest absolute Gasteiger partial charge is 0.416 e. The fraction of sp³-hybridized carbons (Fsp3) is 0.290. The summed E-state index contributed by atoms with van der Waals surface area (Å²) in [7, 11) is 1.50. The lowest BCUT2D eigenvalue weighted by atomic mass is 9.95. The first-order valence-electron chi connectivity index (χ1n) is 13.0. The van der Waals surface area contributed by atoms with Crippen LogP contribution in [0.5, 0.6) is 5.75 Å². The van der Waals surface area contributed by atoms with Gasteiger partial charge in [0.1, 0.15) is 5.75 Å². The van der Waals surface area contributed by atoms with Crippen LogP contribution < -0.4 is 10.1 Å². The minimum absolute atomic E-state index is 0.0262. The molecule has 0 aliphatic carbocycles. The largest absolute Gasteiger partial charge is 0.496 e. The normalized spacial score (nSPS) is 12.5. The van der Waals surface area contributed by atoms with Crippen molar-refractivity contribution in [2.45, 2.75) is 38.9 Å². The predicted octanol–water partition coefficient (Wildman–Crippen LogP) is 7.83. The summed E-state index contributed by atoms with van der Waals surface area (Å²) < 4.78 is 47.3. The number of aliphatic carboxylic acids is 1. The molecule has 1 atom stereocenters. The quantitative estimate of drug-likeness (QED) is 0.198. The minimum atomic E-state index is -4.50. The Kier molecular flexibility index (Phi) is 8.97. The molecule has 0 spiro atoms. The molecule has 2 N–H and O–H groups in total. The number of ether oxygens (including phenoxy) is 1. The molecule has 0 saturated heterocycles. The second-order valence-electron chi connectivity index (χ2n) is 10.2. The van der Waals surface area contributed by atoms with Crippen LogP contribution in [0.3, 0.4) is 0 Å². The number of carboxylic acid groups (broad SMARTS) is 1. The molecule has 1 aromatic heterocycles. The molecule has 1 amide bonds. The number of alkyl halides is 3. The van der Waals surface area contributed by atoms with Crippen molar-refractivity contribution >= 4 is 34.4 Å². The fourth-order valence-electron chi connectivity index (χ4n) is 4.84. The second-order valence-corrected chi connectivity index (χ2v) is 10.6. The summed E-state index contributed by atoms with van der Waals surface area (Å²) in [5.74, 6) is -0.523. The zero-order valence-corrected chi connectivity index (χ0v) is 23.5. The third-order valence-corrected chi connectivity index (χ3v) is 7.15. The average molecular weight is 587 g/mol. The van der Waals surface area contributed by atoms with Gasteiger partial charge in [-0.15, -0.1) is 0 Å². The zero-order chi connectivity index (χ0) is 29.9. The van der Waals surface area contributed by atoms with Crippen LogP contribution in [0.25, 0.3) is 22.0 Å². The van der Waals surface area contributed by atoms with Gasteiger partial charge in [-0.3, -0.25) is 9.59 Å². The number of fused-ring (bicyclic) bond motifs is 1. The van der Waals surface area contributed by atoms with Crippen molar-refractivity contribution in [3.8, 4) is 16.9 Å². The number of nitrogens with one attached hydrogen (secondary N) is 1. The van der Waals surface area contributed by atoms with E-state index in [0.717, 1.165) is 35.0 Å². The number of nitrogens with zero attached hydrogens (tertiary/aromatic N) is 1. The van der Waals surface area contributed by atoms with Crippen molar-refractivity contribution < 1.29 is 32.6 Å². The summed E-state index contributed by atoms with van der Waals surface area (Å²) in [4.78, 5) is 23.1. The number of benzene rings is 3. The standard InChI is InChI=1S/C31H30ClF3N2O4/c1-18(2)14-26(19-4-6-20(7-5-19)30(40)36-12-10-29(38)39)37-13-11-21-15-24(28(41-3)17-27(21)37)23-9-8-22(16-25(23)32)31(33,34)35/h4-9,11,13,15-18,26H,10,12,14H2,1-3H3,(H,36,40)(H,38,39). The lowest BCUT2D eigenvalue weighted by Crippen LogP contribution is -2.26. The van der Waals surface area contributed by atoms with Crippen LogP contribution in [-0.2, 0) is 11.0 Å². The monoisotopic (exact) mass is 586 g/mol. The van der Waals surface area contributed by atoms with Gasteiger partial charge in [0.25, 0.3) is 5.91 Å². The van der Waals surface area contributed by atoms with Crippen LogP contribution in [0, 0.1) is 5.92 Å². The van der Waals surface area contributed by atoms with Crippen LogP contribution in [0.2, 0.25) is 5.02 Å². The van der Waals surface area contributed by atoms with Gasteiger partial charge in [-0.25, -0.2) is 0 Å². The average Bonchev–Trinajstić information content (AvgIpc) is 3.32. The molecule has 6 nitrogen and oxygen atoms in total. The van der Waals surface area contributed by atoms with E-state index < -0.39 is 17.7 Å². The van der Waals surface area contributed by atoms with Gasteiger partial charge in [-0.05, 0) is 54.3 Å². The van der Waals surface area contributed by atoms with Crippen LogP contribution in [0.15, 0.2) is 66.9 Å². The van der Waals surface area contributed by atoms with Gasteiger partial charge < -0.3 is 19.7 Å².